The van der Waals surface area contributed by atoms with E-state index in [1.165, 1.54) is 11.1 Å². The minimum Gasteiger partial charge on any atom is -0.454 e. The van der Waals surface area contributed by atoms with E-state index < -0.39 is 0 Å². The summed E-state index contributed by atoms with van der Waals surface area (Å²) < 4.78 is 16.7. The first-order chi connectivity index (χ1) is 17.6. The van der Waals surface area contributed by atoms with Gasteiger partial charge in [0.15, 0.2) is 11.5 Å². The predicted molar refractivity (Wildman–Crippen MR) is 138 cm³/mol. The quantitative estimate of drug-likeness (QED) is 0.476. The van der Waals surface area contributed by atoms with Crippen molar-refractivity contribution in [1.82, 2.24) is 15.0 Å². The maximum Gasteiger partial charge on any atom is 0.259 e. The average molecular weight is 490 g/mol. The molecule has 190 valence electrons. The van der Waals surface area contributed by atoms with Gasteiger partial charge in [-0.3, -0.25) is 4.79 Å². The van der Waals surface area contributed by atoms with Crippen LogP contribution >= 0.6 is 0 Å². The fourth-order valence-electron chi connectivity index (χ4n) is 5.15. The van der Waals surface area contributed by atoms with Gasteiger partial charge in [-0.2, -0.15) is 0 Å². The first-order valence-corrected chi connectivity index (χ1v) is 13.0. The normalized spacial score (nSPS) is 17.4. The summed E-state index contributed by atoms with van der Waals surface area (Å²) in [6, 6.07) is 14.1. The third kappa shape index (κ3) is 5.41. The highest BCUT2D eigenvalue weighted by molar-refractivity contribution is 6.00. The number of carbonyl (C=O) groups excluding carboxylic acids is 1. The molecule has 5 rings (SSSR count). The van der Waals surface area contributed by atoms with Crippen LogP contribution in [-0.2, 0) is 13.0 Å². The van der Waals surface area contributed by atoms with Crippen molar-refractivity contribution in [3.63, 3.8) is 0 Å². The highest BCUT2D eigenvalue weighted by Crippen LogP contribution is 2.36. The van der Waals surface area contributed by atoms with Gasteiger partial charge in [-0.05, 0) is 75.9 Å². The highest BCUT2D eigenvalue weighted by Gasteiger charge is 2.26. The van der Waals surface area contributed by atoms with Crippen LogP contribution in [0.1, 0.15) is 59.3 Å². The largest absolute Gasteiger partial charge is 0.454 e. The summed E-state index contributed by atoms with van der Waals surface area (Å²) in [6.07, 6.45) is 6.07. The molecule has 0 saturated carbocycles. The molecule has 1 amide bonds. The van der Waals surface area contributed by atoms with Crippen LogP contribution in [0.3, 0.4) is 0 Å². The van der Waals surface area contributed by atoms with Gasteiger partial charge in [0.25, 0.3) is 5.91 Å². The third-order valence-corrected chi connectivity index (χ3v) is 7.14. The van der Waals surface area contributed by atoms with Crippen LogP contribution < -0.4 is 9.47 Å². The van der Waals surface area contributed by atoms with E-state index in [1.807, 2.05) is 42.2 Å². The van der Waals surface area contributed by atoms with E-state index in [0.29, 0.717) is 23.8 Å². The lowest BCUT2D eigenvalue weighted by Crippen LogP contribution is -2.34. The Hall–Kier alpha value is -3.32. The second kappa shape index (κ2) is 11.2. The highest BCUT2D eigenvalue weighted by atomic mass is 16.7. The molecule has 1 aromatic heterocycles. The third-order valence-electron chi connectivity index (χ3n) is 7.14. The molecule has 0 spiro atoms. The molecule has 0 aliphatic carbocycles. The second-order valence-electron chi connectivity index (χ2n) is 9.85. The molecular weight excluding hydrogens is 454 g/mol. The summed E-state index contributed by atoms with van der Waals surface area (Å²) in [5, 5.41) is 4.24. The van der Waals surface area contributed by atoms with Gasteiger partial charge in [0.1, 0.15) is 17.0 Å². The number of aryl methyl sites for hydroxylation is 2. The molecule has 7 heteroatoms. The van der Waals surface area contributed by atoms with Crippen molar-refractivity contribution in [3.05, 3.63) is 64.9 Å². The van der Waals surface area contributed by atoms with Gasteiger partial charge < -0.3 is 23.8 Å². The number of carbonyl (C=O) groups is 1. The molecule has 3 aromatic rings. The summed E-state index contributed by atoms with van der Waals surface area (Å²) in [7, 11) is 2.16. The zero-order valence-electron chi connectivity index (χ0n) is 21.3. The van der Waals surface area contributed by atoms with Crippen LogP contribution in [0.25, 0.3) is 11.3 Å². The standard InChI is InChI=1S/C29H35N3O4/c1-21-27(28(30-36-21)22-11-5-3-6-12-22)29(33)32-15-8-4-7-13-23-17-25-26(35-20-34-25)18-24(23)19-31(2)14-9-10-16-32/h3,5-6,11-12,17-18H,4,7-10,13-16,19-20H2,1-2H3. The molecule has 2 aromatic carbocycles. The van der Waals surface area contributed by atoms with Gasteiger partial charge in [-0.15, -0.1) is 0 Å². The number of hydrogen-bond donors (Lipinski definition) is 0. The average Bonchev–Trinajstić information content (AvgIpc) is 3.50. The monoisotopic (exact) mass is 489 g/mol. The lowest BCUT2D eigenvalue weighted by molar-refractivity contribution is 0.0747. The first-order valence-electron chi connectivity index (χ1n) is 13.0. The van der Waals surface area contributed by atoms with Gasteiger partial charge in [0, 0.05) is 25.2 Å². The van der Waals surface area contributed by atoms with Crippen LogP contribution in [0.15, 0.2) is 47.0 Å². The van der Waals surface area contributed by atoms with Crippen molar-refractivity contribution < 1.29 is 18.8 Å². The lowest BCUT2D eigenvalue weighted by Gasteiger charge is -2.25. The topological polar surface area (TPSA) is 68.0 Å². The molecule has 0 atom stereocenters. The van der Waals surface area contributed by atoms with E-state index in [9.17, 15) is 4.79 Å². The maximum atomic E-state index is 13.7. The Morgan fingerprint density at radius 2 is 1.58 bits per heavy atom. The zero-order valence-corrected chi connectivity index (χ0v) is 21.3. The predicted octanol–water partition coefficient (Wildman–Crippen LogP) is 5.46. The maximum absolute atomic E-state index is 13.7. The molecular formula is C29H35N3O4. The number of rotatable bonds is 2. The van der Waals surface area contributed by atoms with Gasteiger partial charge in [0.2, 0.25) is 6.79 Å². The van der Waals surface area contributed by atoms with E-state index in [0.717, 1.165) is 81.8 Å². The van der Waals surface area contributed by atoms with Crippen molar-refractivity contribution in [1.29, 1.82) is 0 Å². The molecule has 0 radical (unpaired) electrons. The van der Waals surface area contributed by atoms with E-state index in [1.54, 1.807) is 0 Å². The number of ether oxygens (including phenoxy) is 2. The van der Waals surface area contributed by atoms with E-state index in [4.69, 9.17) is 14.0 Å². The number of benzene rings is 2. The second-order valence-corrected chi connectivity index (χ2v) is 9.85. The Balaban J connectivity index is 1.31. The summed E-state index contributed by atoms with van der Waals surface area (Å²) in [6.45, 7) is 5.46. The van der Waals surface area contributed by atoms with Crippen molar-refractivity contribution in [2.75, 3.05) is 33.5 Å². The molecule has 0 saturated heterocycles. The van der Waals surface area contributed by atoms with Crippen LogP contribution in [-0.4, -0.2) is 54.3 Å². The molecule has 7 nitrogen and oxygen atoms in total. The van der Waals surface area contributed by atoms with Gasteiger partial charge in [-0.25, -0.2) is 0 Å². The Labute approximate surface area is 213 Å². The van der Waals surface area contributed by atoms with Gasteiger partial charge in [0.05, 0.1) is 0 Å². The Bertz CT molecular complexity index is 1190. The number of fused-ring (bicyclic) bond motifs is 2. The van der Waals surface area contributed by atoms with Crippen molar-refractivity contribution in [3.8, 4) is 22.8 Å². The van der Waals surface area contributed by atoms with Crippen LogP contribution in [0.4, 0.5) is 0 Å². The number of hydrogen-bond acceptors (Lipinski definition) is 6. The van der Waals surface area contributed by atoms with Crippen LogP contribution in [0, 0.1) is 6.92 Å². The minimum absolute atomic E-state index is 0.0195. The molecule has 0 unspecified atom stereocenters. The fourth-order valence-corrected chi connectivity index (χ4v) is 5.15. The summed E-state index contributed by atoms with van der Waals surface area (Å²) in [5.41, 5.74) is 4.79. The van der Waals surface area contributed by atoms with E-state index >= 15 is 0 Å². The molecule has 3 heterocycles. The van der Waals surface area contributed by atoms with Gasteiger partial charge >= 0.3 is 0 Å². The first kappa shape index (κ1) is 24.4. The Morgan fingerprint density at radius 1 is 0.889 bits per heavy atom. The molecule has 0 fully saturated rings. The van der Waals surface area contributed by atoms with Gasteiger partial charge in [-0.1, -0.05) is 41.9 Å². The smallest absolute Gasteiger partial charge is 0.259 e. The van der Waals surface area contributed by atoms with Crippen molar-refractivity contribution in [2.24, 2.45) is 0 Å². The molecule has 2 aliphatic heterocycles. The Morgan fingerprint density at radius 3 is 2.36 bits per heavy atom. The van der Waals surface area contributed by atoms with E-state index in [-0.39, 0.29) is 5.91 Å². The Kier molecular flexibility index (Phi) is 7.56. The number of amides is 1. The number of aromatic nitrogens is 1. The summed E-state index contributed by atoms with van der Waals surface area (Å²) in [5.74, 6) is 2.31. The van der Waals surface area contributed by atoms with Crippen molar-refractivity contribution >= 4 is 5.91 Å². The lowest BCUT2D eigenvalue weighted by atomic mass is 9.99. The zero-order chi connectivity index (χ0) is 24.9. The minimum atomic E-state index is 0.0195. The van der Waals surface area contributed by atoms with Crippen molar-refractivity contribution in [2.45, 2.75) is 52.0 Å². The van der Waals surface area contributed by atoms with Crippen LogP contribution in [0.2, 0.25) is 0 Å². The molecule has 2 aliphatic rings. The van der Waals surface area contributed by atoms with E-state index in [2.05, 4.69) is 29.2 Å². The number of nitrogens with zero attached hydrogens (tertiary/aromatic N) is 3. The van der Waals surface area contributed by atoms with Crippen LogP contribution in [0.5, 0.6) is 11.5 Å². The molecule has 0 bridgehead atoms. The fraction of sp³-hybridized carbons (Fsp3) is 0.448. The SMILES string of the molecule is Cc1onc(-c2ccccc2)c1C(=O)N1CCCCCc2cc3c(cc2CN(C)CCCC1)OCO3. The molecule has 36 heavy (non-hydrogen) atoms. The molecule has 0 N–H and O–H groups in total. The summed E-state index contributed by atoms with van der Waals surface area (Å²) in [4.78, 5) is 18.1. The summed E-state index contributed by atoms with van der Waals surface area (Å²) >= 11 is 0.